The number of rotatable bonds is 5. The van der Waals surface area contributed by atoms with Gasteiger partial charge in [0.15, 0.2) is 11.6 Å². The van der Waals surface area contributed by atoms with E-state index in [0.29, 0.717) is 5.75 Å². The number of hydrogen-bond donors (Lipinski definition) is 1. The maximum absolute atomic E-state index is 13.4. The van der Waals surface area contributed by atoms with Crippen molar-refractivity contribution in [2.75, 3.05) is 13.7 Å². The van der Waals surface area contributed by atoms with E-state index in [1.54, 1.807) is 12.1 Å². The second-order valence-electron chi connectivity index (χ2n) is 5.25. The molecule has 0 radical (unpaired) electrons. The molecule has 1 aromatic carbocycles. The quantitative estimate of drug-likeness (QED) is 0.797. The fourth-order valence-corrected chi connectivity index (χ4v) is 1.62. The van der Waals surface area contributed by atoms with Crippen LogP contribution < -0.4 is 10.1 Å². The van der Waals surface area contributed by atoms with E-state index >= 15 is 0 Å². The molecule has 0 aliphatic carbocycles. The van der Waals surface area contributed by atoms with Gasteiger partial charge in [-0.2, -0.15) is 0 Å². The van der Waals surface area contributed by atoms with Crippen LogP contribution in [0.3, 0.4) is 0 Å². The van der Waals surface area contributed by atoms with E-state index in [9.17, 15) is 4.39 Å². The summed E-state index contributed by atoms with van der Waals surface area (Å²) in [6.45, 7) is 7.36. The number of ether oxygens (including phenoxy) is 1. The van der Waals surface area contributed by atoms with Crippen molar-refractivity contribution in [3.05, 3.63) is 29.6 Å². The zero-order chi connectivity index (χ0) is 12.9. The van der Waals surface area contributed by atoms with Crippen LogP contribution in [0.1, 0.15) is 32.8 Å². The standard InChI is InChI=1S/C14H22FNO/c1-14(2,3)16-9-5-6-11-7-8-13(17-4)12(15)10-11/h7-8,10,16H,5-6,9H2,1-4H3. The van der Waals surface area contributed by atoms with Crippen molar-refractivity contribution in [2.45, 2.75) is 39.2 Å². The molecule has 0 unspecified atom stereocenters. The van der Waals surface area contributed by atoms with Crippen molar-refractivity contribution in [3.8, 4) is 5.75 Å². The van der Waals surface area contributed by atoms with E-state index in [-0.39, 0.29) is 11.4 Å². The van der Waals surface area contributed by atoms with Crippen LogP contribution in [0.15, 0.2) is 18.2 Å². The van der Waals surface area contributed by atoms with E-state index in [0.717, 1.165) is 24.9 Å². The van der Waals surface area contributed by atoms with Gasteiger partial charge in [0.1, 0.15) is 0 Å². The molecule has 96 valence electrons. The zero-order valence-electron chi connectivity index (χ0n) is 11.1. The molecule has 0 bridgehead atoms. The molecule has 0 aromatic heterocycles. The molecule has 0 saturated carbocycles. The summed E-state index contributed by atoms with van der Waals surface area (Å²) in [5.74, 6) is 0.0235. The lowest BCUT2D eigenvalue weighted by Gasteiger charge is -2.20. The SMILES string of the molecule is COc1ccc(CCCNC(C)(C)C)cc1F. The Bertz CT molecular complexity index is 358. The van der Waals surface area contributed by atoms with Gasteiger partial charge in [0.25, 0.3) is 0 Å². The molecule has 0 amide bonds. The summed E-state index contributed by atoms with van der Waals surface area (Å²) < 4.78 is 18.3. The van der Waals surface area contributed by atoms with Crippen LogP contribution in [0.25, 0.3) is 0 Å². The lowest BCUT2D eigenvalue weighted by Crippen LogP contribution is -2.36. The fraction of sp³-hybridized carbons (Fsp3) is 0.571. The van der Waals surface area contributed by atoms with Gasteiger partial charge in [-0.3, -0.25) is 0 Å². The fourth-order valence-electron chi connectivity index (χ4n) is 1.62. The molecule has 1 rings (SSSR count). The second-order valence-corrected chi connectivity index (χ2v) is 5.25. The predicted molar refractivity (Wildman–Crippen MR) is 69.0 cm³/mol. The van der Waals surface area contributed by atoms with Crippen molar-refractivity contribution >= 4 is 0 Å². The van der Waals surface area contributed by atoms with Crippen LogP contribution in [0.5, 0.6) is 5.75 Å². The van der Waals surface area contributed by atoms with E-state index in [2.05, 4.69) is 26.1 Å². The van der Waals surface area contributed by atoms with Crippen LogP contribution in [0, 0.1) is 5.82 Å². The van der Waals surface area contributed by atoms with E-state index in [4.69, 9.17) is 4.74 Å². The molecule has 0 heterocycles. The van der Waals surface area contributed by atoms with Crippen LogP contribution in [-0.2, 0) is 6.42 Å². The molecule has 0 aliphatic heterocycles. The number of aryl methyl sites for hydroxylation is 1. The van der Waals surface area contributed by atoms with Crippen LogP contribution >= 0.6 is 0 Å². The van der Waals surface area contributed by atoms with Gasteiger partial charge in [0.2, 0.25) is 0 Å². The zero-order valence-corrected chi connectivity index (χ0v) is 11.1. The first-order chi connectivity index (χ1) is 7.92. The highest BCUT2D eigenvalue weighted by atomic mass is 19.1. The molecular weight excluding hydrogens is 217 g/mol. The monoisotopic (exact) mass is 239 g/mol. The normalized spacial score (nSPS) is 11.6. The van der Waals surface area contributed by atoms with Crippen molar-refractivity contribution in [1.82, 2.24) is 5.32 Å². The molecule has 0 fully saturated rings. The molecular formula is C14H22FNO. The summed E-state index contributed by atoms with van der Waals surface area (Å²) in [6, 6.07) is 5.15. The summed E-state index contributed by atoms with van der Waals surface area (Å²) in [7, 11) is 1.48. The Morgan fingerprint density at radius 3 is 2.53 bits per heavy atom. The maximum Gasteiger partial charge on any atom is 0.165 e. The minimum absolute atomic E-state index is 0.144. The minimum atomic E-state index is -0.284. The third kappa shape index (κ3) is 5.18. The van der Waals surface area contributed by atoms with Gasteiger partial charge < -0.3 is 10.1 Å². The first-order valence-electron chi connectivity index (χ1n) is 6.00. The van der Waals surface area contributed by atoms with Gasteiger partial charge >= 0.3 is 0 Å². The molecule has 3 heteroatoms. The minimum Gasteiger partial charge on any atom is -0.494 e. The van der Waals surface area contributed by atoms with E-state index < -0.39 is 0 Å². The van der Waals surface area contributed by atoms with Gasteiger partial charge in [-0.1, -0.05) is 6.07 Å². The molecule has 1 N–H and O–H groups in total. The number of methoxy groups -OCH3 is 1. The number of benzene rings is 1. The first kappa shape index (κ1) is 14.0. The highest BCUT2D eigenvalue weighted by molar-refractivity contribution is 5.29. The Morgan fingerprint density at radius 2 is 2.00 bits per heavy atom. The third-order valence-electron chi connectivity index (χ3n) is 2.51. The Morgan fingerprint density at radius 1 is 1.29 bits per heavy atom. The average Bonchev–Trinajstić information content (AvgIpc) is 2.23. The van der Waals surface area contributed by atoms with Crippen molar-refractivity contribution in [1.29, 1.82) is 0 Å². The maximum atomic E-state index is 13.4. The third-order valence-corrected chi connectivity index (χ3v) is 2.51. The molecule has 2 nitrogen and oxygen atoms in total. The van der Waals surface area contributed by atoms with Crippen molar-refractivity contribution < 1.29 is 9.13 Å². The molecule has 17 heavy (non-hydrogen) atoms. The molecule has 0 atom stereocenters. The Hall–Kier alpha value is -1.09. The van der Waals surface area contributed by atoms with Gasteiger partial charge in [0, 0.05) is 5.54 Å². The topological polar surface area (TPSA) is 21.3 Å². The van der Waals surface area contributed by atoms with Crippen LogP contribution in [0.2, 0.25) is 0 Å². The van der Waals surface area contributed by atoms with E-state index in [1.807, 2.05) is 6.07 Å². The van der Waals surface area contributed by atoms with Crippen molar-refractivity contribution in [3.63, 3.8) is 0 Å². The van der Waals surface area contributed by atoms with Crippen LogP contribution in [-0.4, -0.2) is 19.2 Å². The highest BCUT2D eigenvalue weighted by Crippen LogP contribution is 2.18. The summed E-state index contributed by atoms with van der Waals surface area (Å²) in [5, 5.41) is 3.41. The van der Waals surface area contributed by atoms with Gasteiger partial charge in [-0.05, 0) is 57.9 Å². The van der Waals surface area contributed by atoms with Gasteiger partial charge in [-0.15, -0.1) is 0 Å². The van der Waals surface area contributed by atoms with Gasteiger partial charge in [0.05, 0.1) is 7.11 Å². The number of nitrogens with one attached hydrogen (secondary N) is 1. The van der Waals surface area contributed by atoms with Crippen molar-refractivity contribution in [2.24, 2.45) is 0 Å². The van der Waals surface area contributed by atoms with Gasteiger partial charge in [-0.25, -0.2) is 4.39 Å². The Balaban J connectivity index is 2.40. The summed E-state index contributed by atoms with van der Waals surface area (Å²) in [4.78, 5) is 0. The largest absolute Gasteiger partial charge is 0.494 e. The molecule has 0 spiro atoms. The molecule has 1 aromatic rings. The van der Waals surface area contributed by atoms with Crippen LogP contribution in [0.4, 0.5) is 4.39 Å². The highest BCUT2D eigenvalue weighted by Gasteiger charge is 2.08. The number of halogens is 1. The summed E-state index contributed by atoms with van der Waals surface area (Å²) >= 11 is 0. The Labute approximate surface area is 103 Å². The summed E-state index contributed by atoms with van der Waals surface area (Å²) in [5.41, 5.74) is 1.16. The number of hydrogen-bond acceptors (Lipinski definition) is 2. The van der Waals surface area contributed by atoms with E-state index in [1.165, 1.54) is 7.11 Å². The predicted octanol–water partition coefficient (Wildman–Crippen LogP) is 3.16. The summed E-state index contributed by atoms with van der Waals surface area (Å²) in [6.07, 6.45) is 1.88. The first-order valence-corrected chi connectivity index (χ1v) is 6.00. The lowest BCUT2D eigenvalue weighted by molar-refractivity contribution is 0.386. The smallest absolute Gasteiger partial charge is 0.165 e. The second kappa shape index (κ2) is 6.01. The Kier molecular flexibility index (Phi) is 4.94. The lowest BCUT2D eigenvalue weighted by atomic mass is 10.1. The molecule has 0 aliphatic rings. The molecule has 0 saturated heterocycles. The average molecular weight is 239 g/mol.